The third kappa shape index (κ3) is 5.68. The number of ether oxygens (including phenoxy) is 1. The van der Waals surface area contributed by atoms with Gasteiger partial charge >= 0.3 is 5.97 Å². The second-order valence-corrected chi connectivity index (χ2v) is 11.1. The molecular formula is C17H22BrF4NO5S. The van der Waals surface area contributed by atoms with Gasteiger partial charge in [0.25, 0.3) is 5.92 Å². The van der Waals surface area contributed by atoms with Gasteiger partial charge in [0.2, 0.25) is 10.0 Å². The molecule has 0 aromatic heterocycles. The lowest BCUT2D eigenvalue weighted by atomic mass is 9.89. The number of nitrogens with one attached hydrogen (secondary N) is 1. The summed E-state index contributed by atoms with van der Waals surface area (Å²) in [6.45, 7) is 4.31. The minimum absolute atomic E-state index is 0.332. The van der Waals surface area contributed by atoms with Gasteiger partial charge in [0.1, 0.15) is 29.9 Å². The van der Waals surface area contributed by atoms with E-state index in [1.54, 1.807) is 4.72 Å². The molecule has 0 bridgehead atoms. The largest absolute Gasteiger partial charge is 0.480 e. The zero-order valence-electron chi connectivity index (χ0n) is 16.3. The van der Waals surface area contributed by atoms with Gasteiger partial charge in [-0.15, -0.1) is 0 Å². The van der Waals surface area contributed by atoms with Crippen LogP contribution in [0.15, 0.2) is 16.6 Å². The van der Waals surface area contributed by atoms with Crippen molar-refractivity contribution in [2.75, 3.05) is 6.61 Å². The predicted octanol–water partition coefficient (Wildman–Crippen LogP) is 4.00. The molecule has 0 aliphatic rings. The first-order chi connectivity index (χ1) is 12.8. The van der Waals surface area contributed by atoms with Gasteiger partial charge in [0, 0.05) is 11.6 Å². The summed E-state index contributed by atoms with van der Waals surface area (Å²) in [5, 5.41) is 8.71. The Hall–Kier alpha value is -1.24. The van der Waals surface area contributed by atoms with Crippen molar-refractivity contribution >= 4 is 31.9 Å². The molecule has 0 fully saturated rings. The van der Waals surface area contributed by atoms with E-state index in [9.17, 15) is 22.0 Å². The van der Waals surface area contributed by atoms with Crippen molar-refractivity contribution in [3.05, 3.63) is 33.8 Å². The maximum absolute atomic E-state index is 15.4. The number of hydrogen-bond donors (Lipinski definition) is 2. The van der Waals surface area contributed by atoms with Gasteiger partial charge < -0.3 is 9.84 Å². The van der Waals surface area contributed by atoms with Gasteiger partial charge in [-0.3, -0.25) is 0 Å². The Balaban J connectivity index is 3.64. The Morgan fingerprint density at radius 2 is 1.69 bits per heavy atom. The molecule has 1 atom stereocenters. The van der Waals surface area contributed by atoms with E-state index in [2.05, 4.69) is 15.9 Å². The van der Waals surface area contributed by atoms with Crippen LogP contribution in [0.5, 0.6) is 0 Å². The second-order valence-electron chi connectivity index (χ2n) is 7.77. The van der Waals surface area contributed by atoms with Crippen molar-refractivity contribution < 1.29 is 40.6 Å². The average Bonchev–Trinajstić information content (AvgIpc) is 2.53. The van der Waals surface area contributed by atoms with Crippen molar-refractivity contribution in [2.24, 2.45) is 0 Å². The van der Waals surface area contributed by atoms with Crippen LogP contribution in [0.3, 0.4) is 0 Å². The summed E-state index contributed by atoms with van der Waals surface area (Å²) >= 11 is 2.76. The molecule has 1 aromatic carbocycles. The van der Waals surface area contributed by atoms with Gasteiger partial charge in [0.05, 0.1) is 9.22 Å². The Morgan fingerprint density at radius 3 is 2.14 bits per heavy atom. The minimum atomic E-state index is -4.44. The highest BCUT2D eigenvalue weighted by Gasteiger charge is 2.57. The van der Waals surface area contributed by atoms with Crippen molar-refractivity contribution in [3.8, 4) is 0 Å². The molecule has 0 saturated heterocycles. The van der Waals surface area contributed by atoms with E-state index in [-0.39, 0.29) is 4.47 Å². The normalized spacial score (nSPS) is 14.7. The third-order valence-corrected chi connectivity index (χ3v) is 6.92. The van der Waals surface area contributed by atoms with Gasteiger partial charge in [-0.2, -0.15) is 0 Å². The predicted molar refractivity (Wildman–Crippen MR) is 101 cm³/mol. The van der Waals surface area contributed by atoms with Gasteiger partial charge in [0.15, 0.2) is 0 Å². The molecule has 0 amide bonds. The van der Waals surface area contributed by atoms with Crippen LogP contribution >= 0.6 is 15.9 Å². The number of sulfonamides is 1. The van der Waals surface area contributed by atoms with E-state index >= 15 is 8.78 Å². The number of aliphatic carboxylic acids is 1. The first-order valence-corrected chi connectivity index (χ1v) is 10.5. The minimum Gasteiger partial charge on any atom is -0.480 e. The summed E-state index contributed by atoms with van der Waals surface area (Å²) in [5.41, 5.74) is -3.38. The molecule has 166 valence electrons. The monoisotopic (exact) mass is 507 g/mol. The van der Waals surface area contributed by atoms with Crippen LogP contribution < -0.4 is 4.72 Å². The molecule has 0 aliphatic carbocycles. The van der Waals surface area contributed by atoms with E-state index in [0.717, 1.165) is 13.8 Å². The topological polar surface area (TPSA) is 92.7 Å². The zero-order chi connectivity index (χ0) is 23.0. The first kappa shape index (κ1) is 25.8. The highest BCUT2D eigenvalue weighted by Crippen LogP contribution is 2.44. The number of halogens is 5. The number of hydrogen-bond acceptors (Lipinski definition) is 4. The van der Waals surface area contributed by atoms with E-state index in [1.165, 1.54) is 20.8 Å². The lowest BCUT2D eigenvalue weighted by Crippen LogP contribution is -2.56. The van der Waals surface area contributed by atoms with Crippen molar-refractivity contribution in [1.82, 2.24) is 4.72 Å². The number of carbonyl (C=O) groups is 1. The summed E-state index contributed by atoms with van der Waals surface area (Å²) in [4.78, 5) is 10.7. The van der Waals surface area contributed by atoms with Gasteiger partial charge in [-0.25, -0.2) is 35.5 Å². The lowest BCUT2D eigenvalue weighted by molar-refractivity contribution is -0.209. The Bertz CT molecular complexity index is 885. The summed E-state index contributed by atoms with van der Waals surface area (Å²) < 4.78 is 88.6. The maximum atomic E-state index is 15.4. The van der Waals surface area contributed by atoms with Crippen LogP contribution in [0, 0.1) is 11.6 Å². The molecule has 2 N–H and O–H groups in total. The van der Waals surface area contributed by atoms with E-state index < -0.39 is 62.1 Å². The molecule has 1 aromatic rings. The fourth-order valence-corrected chi connectivity index (χ4v) is 3.41. The van der Waals surface area contributed by atoms with E-state index in [4.69, 9.17) is 9.84 Å². The smallest absolute Gasteiger partial charge is 0.329 e. The van der Waals surface area contributed by atoms with Crippen molar-refractivity contribution in [3.63, 3.8) is 0 Å². The lowest BCUT2D eigenvalue weighted by Gasteiger charge is -2.40. The highest BCUT2D eigenvalue weighted by molar-refractivity contribution is 9.10. The highest BCUT2D eigenvalue weighted by atomic mass is 79.9. The molecule has 0 heterocycles. The molecule has 29 heavy (non-hydrogen) atoms. The Kier molecular flexibility index (Phi) is 7.54. The molecule has 1 rings (SSSR count). The molecule has 0 spiro atoms. The zero-order valence-corrected chi connectivity index (χ0v) is 18.7. The molecule has 0 unspecified atom stereocenters. The quantitative estimate of drug-likeness (QED) is 0.409. The third-order valence-electron chi connectivity index (χ3n) is 4.15. The molecule has 6 nitrogen and oxygen atoms in total. The summed E-state index contributed by atoms with van der Waals surface area (Å²) in [6, 6.07) is -1.49. The standard InChI is InChI=1S/C17H22BrF4NO5S/c1-15(2,3)29(26,27)23-14(9-6-10(18)12(20)7-11(9)19)17(21,22)16(4,5)28-8-13(24)25/h6-7,14,23H,8H2,1-5H3,(H,24,25)/t14-/m1/s1. The molecule has 0 saturated carbocycles. The van der Waals surface area contributed by atoms with Crippen LogP contribution in [0.4, 0.5) is 17.6 Å². The van der Waals surface area contributed by atoms with Crippen LogP contribution in [-0.4, -0.2) is 42.4 Å². The number of benzene rings is 1. The maximum Gasteiger partial charge on any atom is 0.329 e. The van der Waals surface area contributed by atoms with Crippen molar-refractivity contribution in [2.45, 2.75) is 56.9 Å². The average molecular weight is 508 g/mol. The van der Waals surface area contributed by atoms with E-state index in [1.807, 2.05) is 0 Å². The van der Waals surface area contributed by atoms with Crippen LogP contribution in [0.2, 0.25) is 0 Å². The summed E-state index contributed by atoms with van der Waals surface area (Å²) in [7, 11) is -4.44. The first-order valence-electron chi connectivity index (χ1n) is 8.23. The Morgan fingerprint density at radius 1 is 1.17 bits per heavy atom. The number of rotatable bonds is 8. The van der Waals surface area contributed by atoms with Gasteiger partial charge in [-0.05, 0) is 56.6 Å². The fourth-order valence-electron chi connectivity index (χ4n) is 2.11. The number of carboxylic acid groups (broad SMARTS) is 1. The fraction of sp³-hybridized carbons (Fsp3) is 0.588. The van der Waals surface area contributed by atoms with Gasteiger partial charge in [-0.1, -0.05) is 0 Å². The molecule has 0 radical (unpaired) electrons. The molecule has 0 aliphatic heterocycles. The molecule has 12 heteroatoms. The van der Waals surface area contributed by atoms with Crippen LogP contribution in [0.25, 0.3) is 0 Å². The molecular weight excluding hydrogens is 486 g/mol. The summed E-state index contributed by atoms with van der Waals surface area (Å²) in [5.74, 6) is -8.18. The number of alkyl halides is 2. The van der Waals surface area contributed by atoms with E-state index in [0.29, 0.717) is 12.1 Å². The van der Waals surface area contributed by atoms with Crippen LogP contribution in [0.1, 0.15) is 46.2 Å². The number of carboxylic acids is 1. The summed E-state index contributed by atoms with van der Waals surface area (Å²) in [6.07, 6.45) is 0. The Labute approximate surface area is 174 Å². The van der Waals surface area contributed by atoms with Crippen LogP contribution in [-0.2, 0) is 19.6 Å². The second kappa shape index (κ2) is 8.48. The van der Waals surface area contributed by atoms with Crippen molar-refractivity contribution in [1.29, 1.82) is 0 Å². The SMILES string of the molecule is CC(C)(OCC(=O)O)C(F)(F)[C@H](NS(=O)(=O)C(C)(C)C)c1cc(Br)c(F)cc1F.